The second-order valence-electron chi connectivity index (χ2n) is 8.04. The summed E-state index contributed by atoms with van der Waals surface area (Å²) in [4.78, 5) is 38.4. The van der Waals surface area contributed by atoms with Crippen molar-refractivity contribution in [3.63, 3.8) is 0 Å². The summed E-state index contributed by atoms with van der Waals surface area (Å²) in [6.07, 6.45) is 4.96. The van der Waals surface area contributed by atoms with Gasteiger partial charge >= 0.3 is 5.97 Å². The molecule has 0 radical (unpaired) electrons. The summed E-state index contributed by atoms with van der Waals surface area (Å²) in [7, 11) is 1.36. The molecular formula is C25H30N2O4. The summed E-state index contributed by atoms with van der Waals surface area (Å²) in [5.41, 5.74) is 0.362. The van der Waals surface area contributed by atoms with Gasteiger partial charge in [-0.15, -0.1) is 0 Å². The van der Waals surface area contributed by atoms with Crippen LogP contribution in [-0.4, -0.2) is 30.4 Å². The number of hydrogen-bond acceptors (Lipinski definition) is 4. The van der Waals surface area contributed by atoms with E-state index >= 15 is 0 Å². The van der Waals surface area contributed by atoms with Crippen molar-refractivity contribution in [1.82, 2.24) is 10.6 Å². The molecule has 2 amide bonds. The molecule has 0 aliphatic heterocycles. The minimum atomic E-state index is -0.993. The van der Waals surface area contributed by atoms with Gasteiger partial charge in [0.1, 0.15) is 5.54 Å². The number of nitrogens with one attached hydrogen (secondary N) is 2. The van der Waals surface area contributed by atoms with Crippen LogP contribution in [0.4, 0.5) is 0 Å². The predicted octanol–water partition coefficient (Wildman–Crippen LogP) is 3.93. The highest BCUT2D eigenvalue weighted by Gasteiger charge is 2.41. The first-order chi connectivity index (χ1) is 15.0. The summed E-state index contributed by atoms with van der Waals surface area (Å²) >= 11 is 0. The summed E-state index contributed by atoms with van der Waals surface area (Å²) in [5, 5.41) is 5.94. The SMILES string of the molecule is COC(=O)C1(NC(=O)CC(NC(=O)c2ccccc2)c2ccccc2)CCCCCC1. The smallest absolute Gasteiger partial charge is 0.331 e. The van der Waals surface area contributed by atoms with Crippen molar-refractivity contribution in [2.45, 2.75) is 56.5 Å². The number of benzene rings is 2. The molecule has 164 valence electrons. The molecule has 0 aromatic heterocycles. The maximum absolute atomic E-state index is 13.1. The maximum atomic E-state index is 13.1. The average molecular weight is 423 g/mol. The molecule has 0 spiro atoms. The first kappa shape index (κ1) is 22.5. The second kappa shape index (κ2) is 10.8. The topological polar surface area (TPSA) is 84.5 Å². The Balaban J connectivity index is 1.77. The third-order valence-corrected chi connectivity index (χ3v) is 5.84. The van der Waals surface area contributed by atoms with Crippen molar-refractivity contribution < 1.29 is 19.1 Å². The monoisotopic (exact) mass is 422 g/mol. The van der Waals surface area contributed by atoms with Crippen LogP contribution in [0.1, 0.15) is 66.9 Å². The number of ether oxygens (including phenoxy) is 1. The Labute approximate surface area is 183 Å². The average Bonchev–Trinajstić information content (AvgIpc) is 3.05. The van der Waals surface area contributed by atoms with E-state index in [1.54, 1.807) is 24.3 Å². The van der Waals surface area contributed by atoms with Crippen LogP contribution >= 0.6 is 0 Å². The van der Waals surface area contributed by atoms with Crippen molar-refractivity contribution in [1.29, 1.82) is 0 Å². The number of rotatable bonds is 7. The van der Waals surface area contributed by atoms with Crippen LogP contribution in [0.3, 0.4) is 0 Å². The van der Waals surface area contributed by atoms with Gasteiger partial charge in [0, 0.05) is 5.56 Å². The normalized spacial score (nSPS) is 16.4. The van der Waals surface area contributed by atoms with Gasteiger partial charge in [0.05, 0.1) is 19.6 Å². The van der Waals surface area contributed by atoms with E-state index in [4.69, 9.17) is 4.74 Å². The molecule has 0 heterocycles. The van der Waals surface area contributed by atoms with Gasteiger partial charge in [-0.3, -0.25) is 9.59 Å². The Bertz CT molecular complexity index is 875. The fourth-order valence-electron chi connectivity index (χ4n) is 4.18. The number of methoxy groups -OCH3 is 1. The Kier molecular flexibility index (Phi) is 7.82. The van der Waals surface area contributed by atoms with Gasteiger partial charge < -0.3 is 15.4 Å². The Morgan fingerprint density at radius 1 is 0.903 bits per heavy atom. The fraction of sp³-hybridized carbons (Fsp3) is 0.400. The molecule has 1 fully saturated rings. The Morgan fingerprint density at radius 2 is 1.48 bits per heavy atom. The quantitative estimate of drug-likeness (QED) is 0.523. The third-order valence-electron chi connectivity index (χ3n) is 5.84. The van der Waals surface area contributed by atoms with Crippen LogP contribution < -0.4 is 10.6 Å². The number of carbonyl (C=O) groups is 3. The predicted molar refractivity (Wildman–Crippen MR) is 118 cm³/mol. The number of carbonyl (C=O) groups excluding carboxylic acids is 3. The number of amides is 2. The van der Waals surface area contributed by atoms with Crippen molar-refractivity contribution >= 4 is 17.8 Å². The van der Waals surface area contributed by atoms with Crippen LogP contribution in [0, 0.1) is 0 Å². The molecule has 2 aromatic rings. The summed E-state index contributed by atoms with van der Waals surface area (Å²) < 4.78 is 5.04. The lowest BCUT2D eigenvalue weighted by Gasteiger charge is -2.31. The number of hydrogen-bond donors (Lipinski definition) is 2. The molecule has 0 saturated heterocycles. The lowest BCUT2D eigenvalue weighted by Crippen LogP contribution is -2.55. The zero-order valence-corrected chi connectivity index (χ0v) is 17.9. The van der Waals surface area contributed by atoms with Gasteiger partial charge in [0.25, 0.3) is 5.91 Å². The minimum Gasteiger partial charge on any atom is -0.467 e. The van der Waals surface area contributed by atoms with E-state index < -0.39 is 17.6 Å². The summed E-state index contributed by atoms with van der Waals surface area (Å²) in [5.74, 6) is -0.929. The molecular weight excluding hydrogens is 392 g/mol. The molecule has 1 atom stereocenters. The van der Waals surface area contributed by atoms with E-state index in [-0.39, 0.29) is 18.2 Å². The van der Waals surface area contributed by atoms with Gasteiger partial charge in [-0.05, 0) is 30.5 Å². The molecule has 2 aromatic carbocycles. The van der Waals surface area contributed by atoms with Gasteiger partial charge in [0.2, 0.25) is 5.91 Å². The highest BCUT2D eigenvalue weighted by molar-refractivity contribution is 5.95. The van der Waals surface area contributed by atoms with E-state index in [9.17, 15) is 14.4 Å². The first-order valence-electron chi connectivity index (χ1n) is 10.8. The van der Waals surface area contributed by atoms with E-state index in [1.165, 1.54) is 7.11 Å². The second-order valence-corrected chi connectivity index (χ2v) is 8.04. The standard InChI is InChI=1S/C25H30N2O4/c1-31-24(30)25(16-10-2-3-11-17-25)27-22(28)18-21(19-12-6-4-7-13-19)26-23(29)20-14-8-5-9-15-20/h4-9,12-15,21H,2-3,10-11,16-18H2,1H3,(H,26,29)(H,27,28). The molecule has 1 saturated carbocycles. The largest absolute Gasteiger partial charge is 0.467 e. The lowest BCUT2D eigenvalue weighted by molar-refractivity contribution is -0.151. The molecule has 2 N–H and O–H groups in total. The van der Waals surface area contributed by atoms with Crippen molar-refractivity contribution in [2.75, 3.05) is 7.11 Å². The molecule has 1 aliphatic rings. The van der Waals surface area contributed by atoms with Gasteiger partial charge in [-0.25, -0.2) is 4.79 Å². The molecule has 6 nitrogen and oxygen atoms in total. The minimum absolute atomic E-state index is 0.0291. The zero-order chi connectivity index (χ0) is 22.1. The highest BCUT2D eigenvalue weighted by atomic mass is 16.5. The summed E-state index contributed by atoms with van der Waals surface area (Å²) in [6, 6.07) is 17.8. The number of esters is 1. The van der Waals surface area contributed by atoms with Crippen molar-refractivity contribution in [2.24, 2.45) is 0 Å². The van der Waals surface area contributed by atoms with Crippen LogP contribution in [-0.2, 0) is 14.3 Å². The van der Waals surface area contributed by atoms with Crippen LogP contribution in [0.2, 0.25) is 0 Å². The Hall–Kier alpha value is -3.15. The zero-order valence-electron chi connectivity index (χ0n) is 17.9. The fourth-order valence-corrected chi connectivity index (χ4v) is 4.18. The van der Waals surface area contributed by atoms with Gasteiger partial charge in [-0.1, -0.05) is 74.2 Å². The summed E-state index contributed by atoms with van der Waals surface area (Å²) in [6.45, 7) is 0. The third kappa shape index (κ3) is 5.94. The van der Waals surface area contributed by atoms with Crippen molar-refractivity contribution in [3.8, 4) is 0 Å². The maximum Gasteiger partial charge on any atom is 0.331 e. The van der Waals surface area contributed by atoms with E-state index in [2.05, 4.69) is 10.6 Å². The molecule has 0 bridgehead atoms. The van der Waals surface area contributed by atoms with Gasteiger partial charge in [0.15, 0.2) is 0 Å². The van der Waals surface area contributed by atoms with Crippen molar-refractivity contribution in [3.05, 3.63) is 71.8 Å². The highest BCUT2D eigenvalue weighted by Crippen LogP contribution is 2.29. The van der Waals surface area contributed by atoms with E-state index in [1.807, 2.05) is 36.4 Å². The van der Waals surface area contributed by atoms with Crippen LogP contribution in [0.15, 0.2) is 60.7 Å². The van der Waals surface area contributed by atoms with Crippen LogP contribution in [0.25, 0.3) is 0 Å². The Morgan fingerprint density at radius 3 is 2.06 bits per heavy atom. The van der Waals surface area contributed by atoms with E-state index in [0.717, 1.165) is 31.2 Å². The van der Waals surface area contributed by atoms with Crippen LogP contribution in [0.5, 0.6) is 0 Å². The molecule has 1 unspecified atom stereocenters. The first-order valence-corrected chi connectivity index (χ1v) is 10.8. The van der Waals surface area contributed by atoms with Gasteiger partial charge in [-0.2, -0.15) is 0 Å². The lowest BCUT2D eigenvalue weighted by atomic mass is 9.89. The van der Waals surface area contributed by atoms with E-state index in [0.29, 0.717) is 18.4 Å². The molecule has 31 heavy (non-hydrogen) atoms. The molecule has 1 aliphatic carbocycles. The molecule has 6 heteroatoms. The molecule has 3 rings (SSSR count).